The predicted octanol–water partition coefficient (Wildman–Crippen LogP) is 2.39. The first kappa shape index (κ1) is 18.7. The summed E-state index contributed by atoms with van der Waals surface area (Å²) in [7, 11) is 0. The number of pyridine rings is 2. The summed E-state index contributed by atoms with van der Waals surface area (Å²) >= 11 is 0. The Labute approximate surface area is 163 Å². The lowest BCUT2D eigenvalue weighted by atomic mass is 10.1. The average molecular weight is 397 g/mol. The van der Waals surface area contributed by atoms with Gasteiger partial charge >= 0.3 is 5.69 Å². The zero-order valence-electron chi connectivity index (χ0n) is 15.4. The van der Waals surface area contributed by atoms with Crippen molar-refractivity contribution >= 4 is 11.0 Å². The van der Waals surface area contributed by atoms with E-state index < -0.39 is 11.8 Å². The van der Waals surface area contributed by atoms with Crippen molar-refractivity contribution in [3.63, 3.8) is 0 Å². The average Bonchev–Trinajstić information content (AvgIpc) is 3.32. The monoisotopic (exact) mass is 397 g/mol. The Morgan fingerprint density at radius 3 is 2.69 bits per heavy atom. The van der Waals surface area contributed by atoms with Crippen molar-refractivity contribution in [2.45, 2.75) is 13.5 Å². The number of hydrogen-bond acceptors (Lipinski definition) is 5. The van der Waals surface area contributed by atoms with Crippen molar-refractivity contribution in [3.8, 4) is 16.9 Å². The summed E-state index contributed by atoms with van der Waals surface area (Å²) in [5, 5.41) is 4.88. The fraction of sp³-hybridized carbons (Fsp3) is 0.158. The molecule has 29 heavy (non-hydrogen) atoms. The van der Waals surface area contributed by atoms with Gasteiger partial charge in [0.2, 0.25) is 0 Å². The maximum atomic E-state index is 12.8. The highest BCUT2D eigenvalue weighted by Gasteiger charge is 2.14. The van der Waals surface area contributed by atoms with Gasteiger partial charge in [-0.3, -0.25) is 0 Å². The minimum atomic E-state index is -1.90. The summed E-state index contributed by atoms with van der Waals surface area (Å²) in [6.45, 7) is 1.08. The molecular formula is C19H17F2N7O. The number of nitrogens with one attached hydrogen (secondary N) is 1. The molecule has 0 aliphatic heterocycles. The van der Waals surface area contributed by atoms with Crippen molar-refractivity contribution in [2.75, 3.05) is 6.54 Å². The number of fused-ring (bicyclic) bond motifs is 1. The third-order valence-electron chi connectivity index (χ3n) is 4.60. The quantitative estimate of drug-likeness (QED) is 0.538. The summed E-state index contributed by atoms with van der Waals surface area (Å²) in [6, 6.07) is 5.80. The molecule has 0 atom stereocenters. The number of hydrogen-bond donors (Lipinski definition) is 2. The standard InChI is InChI=1S/C19H17F2N7O/c1-11-4-13(14-5-12-2-3-23-17(12)24-7-14)8-25-18(11)27-10-26-28(19(27)29)9-15(6-22)16(20)21/h2-5,7-8,10H,6,9,22H2,1H3,(H,23,24). The van der Waals surface area contributed by atoms with Gasteiger partial charge < -0.3 is 10.7 Å². The van der Waals surface area contributed by atoms with E-state index in [1.807, 2.05) is 31.3 Å². The molecule has 4 rings (SSSR count). The molecule has 3 N–H and O–H groups in total. The van der Waals surface area contributed by atoms with Gasteiger partial charge in [0.15, 0.2) is 0 Å². The van der Waals surface area contributed by atoms with Gasteiger partial charge in [-0.05, 0) is 30.7 Å². The zero-order chi connectivity index (χ0) is 20.5. The van der Waals surface area contributed by atoms with E-state index in [1.54, 1.807) is 12.4 Å². The number of nitrogens with two attached hydrogens (primary N) is 1. The van der Waals surface area contributed by atoms with Crippen LogP contribution in [0.15, 0.2) is 59.6 Å². The van der Waals surface area contributed by atoms with Crippen LogP contribution in [0, 0.1) is 6.92 Å². The molecule has 0 amide bonds. The molecule has 0 fully saturated rings. The number of halogens is 2. The lowest BCUT2D eigenvalue weighted by Crippen LogP contribution is -2.27. The minimum absolute atomic E-state index is 0.343. The number of aryl methyl sites for hydroxylation is 1. The van der Waals surface area contributed by atoms with Crippen LogP contribution in [0.3, 0.4) is 0 Å². The molecule has 4 aromatic heterocycles. The molecule has 0 aliphatic rings. The van der Waals surface area contributed by atoms with Crippen molar-refractivity contribution in [1.29, 1.82) is 0 Å². The van der Waals surface area contributed by atoms with Crippen LogP contribution in [0.4, 0.5) is 8.78 Å². The number of rotatable bonds is 5. The lowest BCUT2D eigenvalue weighted by molar-refractivity contribution is 0.400. The Morgan fingerprint density at radius 1 is 1.21 bits per heavy atom. The van der Waals surface area contributed by atoms with Crippen molar-refractivity contribution in [3.05, 3.63) is 70.8 Å². The SMILES string of the molecule is Cc1cc(-c2cnc3[nH]ccc3c2)cnc1-n1cnn(CC(CN)=C(F)F)c1=O. The smallest absolute Gasteiger partial charge is 0.346 e. The maximum absolute atomic E-state index is 12.8. The molecule has 148 valence electrons. The summed E-state index contributed by atoms with van der Waals surface area (Å²) < 4.78 is 27.8. The van der Waals surface area contributed by atoms with Gasteiger partial charge in [0.1, 0.15) is 17.8 Å². The second-order valence-electron chi connectivity index (χ2n) is 6.51. The maximum Gasteiger partial charge on any atom is 0.351 e. The van der Waals surface area contributed by atoms with Crippen LogP contribution in [-0.2, 0) is 6.54 Å². The van der Waals surface area contributed by atoms with Gasteiger partial charge in [-0.1, -0.05) is 0 Å². The van der Waals surface area contributed by atoms with Gasteiger partial charge in [-0.15, -0.1) is 0 Å². The normalized spacial score (nSPS) is 11.2. The van der Waals surface area contributed by atoms with Gasteiger partial charge in [0.05, 0.1) is 6.54 Å². The van der Waals surface area contributed by atoms with E-state index in [0.717, 1.165) is 32.4 Å². The third-order valence-corrected chi connectivity index (χ3v) is 4.60. The Hall–Kier alpha value is -3.66. The van der Waals surface area contributed by atoms with Crippen LogP contribution < -0.4 is 11.4 Å². The van der Waals surface area contributed by atoms with E-state index in [1.165, 1.54) is 10.9 Å². The second kappa shape index (κ2) is 7.40. The van der Waals surface area contributed by atoms with Crippen molar-refractivity contribution in [2.24, 2.45) is 5.73 Å². The molecule has 0 radical (unpaired) electrons. The van der Waals surface area contributed by atoms with E-state index in [0.29, 0.717) is 5.82 Å². The van der Waals surface area contributed by atoms with Gasteiger partial charge in [0.25, 0.3) is 6.08 Å². The zero-order valence-corrected chi connectivity index (χ0v) is 15.4. The third kappa shape index (κ3) is 3.45. The van der Waals surface area contributed by atoms with E-state index >= 15 is 0 Å². The molecule has 8 nitrogen and oxygen atoms in total. The van der Waals surface area contributed by atoms with E-state index in [2.05, 4.69) is 20.1 Å². The van der Waals surface area contributed by atoms with Crippen LogP contribution in [0.1, 0.15) is 5.56 Å². The molecule has 4 aromatic rings. The minimum Gasteiger partial charge on any atom is -0.346 e. The Kier molecular flexibility index (Phi) is 4.77. The van der Waals surface area contributed by atoms with Crippen LogP contribution in [0.5, 0.6) is 0 Å². The largest absolute Gasteiger partial charge is 0.351 e. The topological polar surface area (TPSA) is 107 Å². The molecule has 0 saturated carbocycles. The van der Waals surface area contributed by atoms with Crippen LogP contribution >= 0.6 is 0 Å². The molecule has 0 spiro atoms. The van der Waals surface area contributed by atoms with E-state index in [-0.39, 0.29) is 18.7 Å². The summed E-state index contributed by atoms with van der Waals surface area (Å²) in [5.41, 5.74) is 7.64. The summed E-state index contributed by atoms with van der Waals surface area (Å²) in [5.74, 6) is 0.375. The number of nitrogens with zero attached hydrogens (tertiary/aromatic N) is 5. The summed E-state index contributed by atoms with van der Waals surface area (Å²) in [6.07, 6.45) is 4.55. The molecule has 0 saturated heterocycles. The van der Waals surface area contributed by atoms with Gasteiger partial charge in [0, 0.05) is 47.2 Å². The molecule has 0 bridgehead atoms. The first-order valence-electron chi connectivity index (χ1n) is 8.76. The molecule has 0 unspecified atom stereocenters. The molecule has 0 aliphatic carbocycles. The Bertz CT molecular complexity index is 1280. The molecular weight excluding hydrogens is 380 g/mol. The van der Waals surface area contributed by atoms with Crippen molar-refractivity contribution in [1.82, 2.24) is 29.3 Å². The van der Waals surface area contributed by atoms with E-state index in [4.69, 9.17) is 5.73 Å². The van der Waals surface area contributed by atoms with E-state index in [9.17, 15) is 13.6 Å². The van der Waals surface area contributed by atoms with Crippen LogP contribution in [0.2, 0.25) is 0 Å². The fourth-order valence-corrected chi connectivity index (χ4v) is 3.05. The first-order chi connectivity index (χ1) is 14.0. The Balaban J connectivity index is 1.68. The highest BCUT2D eigenvalue weighted by atomic mass is 19.3. The van der Waals surface area contributed by atoms with Crippen LogP contribution in [-0.4, -0.2) is 35.8 Å². The van der Waals surface area contributed by atoms with Gasteiger partial charge in [-0.2, -0.15) is 13.9 Å². The lowest BCUT2D eigenvalue weighted by Gasteiger charge is -2.08. The predicted molar refractivity (Wildman–Crippen MR) is 104 cm³/mol. The fourth-order valence-electron chi connectivity index (χ4n) is 3.05. The summed E-state index contributed by atoms with van der Waals surface area (Å²) in [4.78, 5) is 24.4. The highest BCUT2D eigenvalue weighted by Crippen LogP contribution is 2.24. The first-order valence-corrected chi connectivity index (χ1v) is 8.76. The molecule has 10 heteroatoms. The molecule has 4 heterocycles. The Morgan fingerprint density at radius 2 is 1.97 bits per heavy atom. The number of aromatic amines is 1. The number of aromatic nitrogens is 6. The van der Waals surface area contributed by atoms with Crippen molar-refractivity contribution < 1.29 is 8.78 Å². The number of H-pyrrole nitrogens is 1. The van der Waals surface area contributed by atoms with Gasteiger partial charge in [-0.25, -0.2) is 24.0 Å². The highest BCUT2D eigenvalue weighted by molar-refractivity contribution is 5.81. The molecule has 0 aromatic carbocycles. The van der Waals surface area contributed by atoms with Crippen LogP contribution in [0.25, 0.3) is 28.0 Å². The second-order valence-corrected chi connectivity index (χ2v) is 6.51.